The van der Waals surface area contributed by atoms with Crippen LogP contribution in [0.1, 0.15) is 63.1 Å². The number of carboxylic acid groups (broad SMARTS) is 1. The Morgan fingerprint density at radius 3 is 2.72 bits per heavy atom. The van der Waals surface area contributed by atoms with Crippen molar-refractivity contribution in [1.29, 1.82) is 0 Å². The third-order valence-electron chi connectivity index (χ3n) is 9.20. The Kier molecular flexibility index (Phi) is 8.62. The van der Waals surface area contributed by atoms with Crippen molar-refractivity contribution in [2.24, 2.45) is 5.92 Å². The Morgan fingerprint density at radius 2 is 2.00 bits per heavy atom. The monoisotopic (exact) mass is 648 g/mol. The molecule has 13 heteroatoms. The highest BCUT2D eigenvalue weighted by molar-refractivity contribution is 7.13. The number of carbonyl (C=O) groups excluding carboxylic acids is 2. The molecule has 1 aliphatic carbocycles. The van der Waals surface area contributed by atoms with Crippen LogP contribution in [0.15, 0.2) is 29.7 Å². The van der Waals surface area contributed by atoms with Gasteiger partial charge in [-0.2, -0.15) is 4.98 Å². The molecule has 0 radical (unpaired) electrons. The fraction of sp³-hybridized carbons (Fsp3) is 0.515. The van der Waals surface area contributed by atoms with E-state index < -0.39 is 29.6 Å². The van der Waals surface area contributed by atoms with E-state index in [4.69, 9.17) is 24.4 Å². The molecule has 3 aromatic rings. The van der Waals surface area contributed by atoms with Gasteiger partial charge in [0.2, 0.25) is 11.8 Å². The number of amides is 3. The van der Waals surface area contributed by atoms with Crippen molar-refractivity contribution in [3.63, 3.8) is 0 Å². The van der Waals surface area contributed by atoms with Gasteiger partial charge in [-0.1, -0.05) is 26.0 Å². The molecular weight excluding hydrogens is 608 g/mol. The Balaban J connectivity index is 1.35. The number of carboxylic acids is 1. The zero-order chi connectivity index (χ0) is 32.7. The zero-order valence-electron chi connectivity index (χ0n) is 26.8. The van der Waals surface area contributed by atoms with E-state index in [1.54, 1.807) is 19.1 Å². The summed E-state index contributed by atoms with van der Waals surface area (Å²) in [7, 11) is 3.33. The molecule has 1 saturated carbocycles. The summed E-state index contributed by atoms with van der Waals surface area (Å²) in [5.74, 6) is -0.209. The number of aliphatic carboxylic acids is 1. The molecule has 46 heavy (non-hydrogen) atoms. The summed E-state index contributed by atoms with van der Waals surface area (Å²) in [6, 6.07) is 2.47. The first-order valence-electron chi connectivity index (χ1n) is 15.7. The molecule has 2 aliphatic heterocycles. The molecule has 0 bridgehead atoms. The molecule has 3 aliphatic rings. The smallest absolute Gasteiger partial charge is 0.330 e. The number of thiazole rings is 1. The normalized spacial score (nSPS) is 25.9. The zero-order valence-corrected chi connectivity index (χ0v) is 27.6. The number of carbonyl (C=O) groups is 3. The maximum atomic E-state index is 13.8. The number of aromatic nitrogens is 3. The summed E-state index contributed by atoms with van der Waals surface area (Å²) in [6.45, 7) is 6.75. The summed E-state index contributed by atoms with van der Waals surface area (Å²) >= 11 is 1.46. The summed E-state index contributed by atoms with van der Waals surface area (Å²) < 4.78 is 12.1. The Hall–Kier alpha value is -4.26. The van der Waals surface area contributed by atoms with Crippen molar-refractivity contribution in [2.75, 3.05) is 27.2 Å². The van der Waals surface area contributed by atoms with Gasteiger partial charge >= 0.3 is 12.0 Å². The Morgan fingerprint density at radius 1 is 1.20 bits per heavy atom. The molecule has 4 atom stereocenters. The quantitative estimate of drug-likeness (QED) is 0.361. The topological polar surface area (TPSA) is 147 Å². The molecule has 244 valence electrons. The second kappa shape index (κ2) is 12.5. The number of hydrogen-bond acceptors (Lipinski definition) is 9. The van der Waals surface area contributed by atoms with E-state index in [0.29, 0.717) is 46.3 Å². The van der Waals surface area contributed by atoms with Gasteiger partial charge < -0.3 is 29.7 Å². The van der Waals surface area contributed by atoms with Crippen LogP contribution in [0.5, 0.6) is 11.6 Å². The van der Waals surface area contributed by atoms with Gasteiger partial charge in [0.15, 0.2) is 10.8 Å². The van der Waals surface area contributed by atoms with E-state index in [1.807, 2.05) is 36.6 Å². The number of nitrogens with zero attached hydrogens (tertiary/aromatic N) is 5. The fourth-order valence-electron chi connectivity index (χ4n) is 6.30. The predicted octanol–water partition coefficient (Wildman–Crippen LogP) is 4.77. The van der Waals surface area contributed by atoms with Gasteiger partial charge in [0, 0.05) is 36.9 Å². The summed E-state index contributed by atoms with van der Waals surface area (Å²) in [6.07, 6.45) is 6.22. The summed E-state index contributed by atoms with van der Waals surface area (Å²) in [5, 5.41) is 16.2. The first-order valence-corrected chi connectivity index (χ1v) is 16.6. The van der Waals surface area contributed by atoms with Gasteiger partial charge in [0.25, 0.3) is 0 Å². The van der Waals surface area contributed by atoms with Crippen molar-refractivity contribution in [3.8, 4) is 22.5 Å². The molecule has 1 saturated heterocycles. The van der Waals surface area contributed by atoms with Crippen LogP contribution < -0.4 is 14.8 Å². The lowest BCUT2D eigenvalue weighted by molar-refractivity contribution is -0.144. The standard InChI is InChI=1S/C33H40N6O6S/c1-18(2)23-17-46-30(34-23)27-35-26-19(3)25(44-5)12-11-22(26)29(36-27)45-21-14-24-28(40)37-33(31(41)42)15-20(33)10-8-6-7-9-13-38(4)32(43)39(24)16-21/h8,10-12,17-18,20-21,24H,6-7,9,13-16H2,1-5H3,(H,37,40)(H,41,42)/b10-8-/t20-,21-,24+,33?/m1/s1. The predicted molar refractivity (Wildman–Crippen MR) is 173 cm³/mol. The second-order valence-electron chi connectivity index (χ2n) is 12.7. The second-order valence-corrected chi connectivity index (χ2v) is 13.6. The molecule has 1 unspecified atom stereocenters. The van der Waals surface area contributed by atoms with Crippen molar-refractivity contribution in [3.05, 3.63) is 40.9 Å². The van der Waals surface area contributed by atoms with E-state index in [1.165, 1.54) is 16.2 Å². The Bertz CT molecular complexity index is 1710. The van der Waals surface area contributed by atoms with Gasteiger partial charge in [-0.3, -0.25) is 4.79 Å². The number of urea groups is 1. The lowest BCUT2D eigenvalue weighted by Gasteiger charge is -2.29. The molecule has 1 aromatic carbocycles. The number of methoxy groups -OCH3 is 1. The van der Waals surface area contributed by atoms with Crippen LogP contribution >= 0.6 is 11.3 Å². The largest absolute Gasteiger partial charge is 0.496 e. The maximum absolute atomic E-state index is 13.8. The summed E-state index contributed by atoms with van der Waals surface area (Å²) in [5.41, 5.74) is 1.05. The van der Waals surface area contributed by atoms with E-state index in [2.05, 4.69) is 19.2 Å². The summed E-state index contributed by atoms with van der Waals surface area (Å²) in [4.78, 5) is 57.4. The first kappa shape index (κ1) is 31.7. The van der Waals surface area contributed by atoms with E-state index in [0.717, 1.165) is 30.5 Å². The minimum atomic E-state index is -1.37. The van der Waals surface area contributed by atoms with Gasteiger partial charge in [-0.15, -0.1) is 11.3 Å². The molecule has 2 N–H and O–H groups in total. The molecule has 0 spiro atoms. The van der Waals surface area contributed by atoms with Crippen LogP contribution in [0.25, 0.3) is 21.7 Å². The Labute approximate surface area is 271 Å². The molecule has 2 aromatic heterocycles. The van der Waals surface area contributed by atoms with Gasteiger partial charge in [0.1, 0.15) is 23.4 Å². The molecule has 12 nitrogen and oxygen atoms in total. The van der Waals surface area contributed by atoms with Gasteiger partial charge in [-0.25, -0.2) is 19.6 Å². The number of ether oxygens (including phenoxy) is 2. The minimum absolute atomic E-state index is 0.134. The van der Waals surface area contributed by atoms with Crippen LogP contribution in [0, 0.1) is 12.8 Å². The minimum Gasteiger partial charge on any atom is -0.496 e. The molecule has 6 rings (SSSR count). The fourth-order valence-corrected chi connectivity index (χ4v) is 7.21. The van der Waals surface area contributed by atoms with Crippen LogP contribution in [-0.2, 0) is 9.59 Å². The van der Waals surface area contributed by atoms with Gasteiger partial charge in [-0.05, 0) is 50.7 Å². The van der Waals surface area contributed by atoms with E-state index in [9.17, 15) is 19.5 Å². The van der Waals surface area contributed by atoms with E-state index >= 15 is 0 Å². The number of benzene rings is 1. The van der Waals surface area contributed by atoms with Crippen LogP contribution in [0.4, 0.5) is 4.79 Å². The lowest BCUT2D eigenvalue weighted by atomic mass is 10.1. The van der Waals surface area contributed by atoms with Crippen molar-refractivity contribution < 1.29 is 29.0 Å². The lowest BCUT2D eigenvalue weighted by Crippen LogP contribution is -2.54. The molecular formula is C33H40N6O6S. The van der Waals surface area contributed by atoms with Gasteiger partial charge in [0.05, 0.1) is 30.3 Å². The average molecular weight is 649 g/mol. The van der Waals surface area contributed by atoms with E-state index in [-0.39, 0.29) is 30.8 Å². The number of allylic oxidation sites excluding steroid dienone is 1. The third-order valence-corrected chi connectivity index (χ3v) is 10.1. The molecule has 4 heterocycles. The number of nitrogens with one attached hydrogen (secondary N) is 1. The first-order chi connectivity index (χ1) is 22.0. The van der Waals surface area contributed by atoms with Crippen molar-refractivity contribution in [1.82, 2.24) is 30.1 Å². The third kappa shape index (κ3) is 5.88. The highest BCUT2D eigenvalue weighted by atomic mass is 32.1. The maximum Gasteiger partial charge on any atom is 0.330 e. The number of rotatable bonds is 6. The number of hydrogen-bond donors (Lipinski definition) is 2. The van der Waals surface area contributed by atoms with Crippen molar-refractivity contribution >= 4 is 40.1 Å². The highest BCUT2D eigenvalue weighted by Gasteiger charge is 2.61. The van der Waals surface area contributed by atoms with Crippen LogP contribution in [0.3, 0.4) is 0 Å². The van der Waals surface area contributed by atoms with Crippen molar-refractivity contribution in [2.45, 2.75) is 76.5 Å². The molecule has 3 amide bonds. The number of fused-ring (bicyclic) bond motifs is 3. The number of aryl methyl sites for hydroxylation is 1. The average Bonchev–Trinajstić information content (AvgIpc) is 3.33. The van der Waals surface area contributed by atoms with Crippen LogP contribution in [0.2, 0.25) is 0 Å². The SMILES string of the molecule is COc1ccc2c(O[C@@H]3C[C@H]4C(=O)NC5(C(=O)O)C[C@H]5/C=C\CCCCN(C)C(=O)N4C3)nc(-c3nc(C(C)C)cs3)nc2c1C. The molecule has 2 fully saturated rings. The highest BCUT2D eigenvalue weighted by Crippen LogP contribution is 2.45. The van der Waals surface area contributed by atoms with Crippen LogP contribution in [-0.4, -0.2) is 92.7 Å².